The molecule has 8 heteroatoms. The minimum atomic E-state index is -3.83. The van der Waals surface area contributed by atoms with Crippen LogP contribution in [0.4, 0.5) is 4.39 Å². The molecule has 1 fully saturated rings. The Morgan fingerprint density at radius 3 is 2.80 bits per heavy atom. The third-order valence-electron chi connectivity index (χ3n) is 2.97. The van der Waals surface area contributed by atoms with E-state index in [1.807, 2.05) is 0 Å². The fraction of sp³-hybridized carbons (Fsp3) is 0.333. The predicted molar refractivity (Wildman–Crippen MR) is 67.5 cm³/mol. The number of sulfonamides is 1. The minimum absolute atomic E-state index is 0.0629. The minimum Gasteiger partial charge on any atom is -0.355 e. The second-order valence-corrected chi connectivity index (χ2v) is 6.20. The summed E-state index contributed by atoms with van der Waals surface area (Å²) in [6.45, 7) is 0.436. The molecule has 106 valence electrons. The maximum atomic E-state index is 13.2. The highest BCUT2D eigenvalue weighted by molar-refractivity contribution is 7.89. The summed E-state index contributed by atoms with van der Waals surface area (Å²) in [5.41, 5.74) is -0.324. The van der Waals surface area contributed by atoms with E-state index in [-0.39, 0.29) is 42.4 Å². The molecular weight excluding hydrogens is 285 g/mol. The van der Waals surface area contributed by atoms with Gasteiger partial charge in [0.1, 0.15) is 11.9 Å². The smallest absolute Gasteiger partial charge is 0.243 e. The Labute approximate surface area is 115 Å². The number of nitrogens with one attached hydrogen (secondary N) is 1. The van der Waals surface area contributed by atoms with Crippen LogP contribution in [-0.4, -0.2) is 38.3 Å². The second kappa shape index (κ2) is 5.56. The first-order valence-corrected chi connectivity index (χ1v) is 7.35. The Hall–Kier alpha value is -1.98. The number of halogens is 1. The van der Waals surface area contributed by atoms with Gasteiger partial charge in [-0.05, 0) is 18.2 Å². The molecule has 1 aromatic rings. The monoisotopic (exact) mass is 297 g/mol. The topological polar surface area (TPSA) is 90.3 Å². The summed E-state index contributed by atoms with van der Waals surface area (Å²) in [5.74, 6) is -0.973. The molecule has 1 aromatic carbocycles. The van der Waals surface area contributed by atoms with E-state index >= 15 is 0 Å². The van der Waals surface area contributed by atoms with Crippen molar-refractivity contribution >= 4 is 15.9 Å². The molecule has 0 bridgehead atoms. The molecule has 6 nitrogen and oxygen atoms in total. The lowest BCUT2D eigenvalue weighted by Gasteiger charge is -2.19. The van der Waals surface area contributed by atoms with Crippen molar-refractivity contribution in [3.8, 4) is 6.07 Å². The fourth-order valence-electron chi connectivity index (χ4n) is 1.89. The van der Waals surface area contributed by atoms with Crippen molar-refractivity contribution in [3.63, 3.8) is 0 Å². The zero-order valence-electron chi connectivity index (χ0n) is 10.5. The van der Waals surface area contributed by atoms with E-state index in [0.29, 0.717) is 0 Å². The molecule has 0 atom stereocenters. The summed E-state index contributed by atoms with van der Waals surface area (Å²) in [6.07, 6.45) is 0.0749. The van der Waals surface area contributed by atoms with Crippen LogP contribution in [0.15, 0.2) is 23.1 Å². The zero-order valence-corrected chi connectivity index (χ0v) is 11.3. The molecule has 1 saturated heterocycles. The highest BCUT2D eigenvalue weighted by atomic mass is 32.2. The van der Waals surface area contributed by atoms with Crippen molar-refractivity contribution in [2.75, 3.05) is 19.6 Å². The number of nitrogens with zero attached hydrogens (tertiary/aromatic N) is 2. The molecule has 0 unspecified atom stereocenters. The molecule has 1 aliphatic rings. The van der Waals surface area contributed by atoms with Gasteiger partial charge < -0.3 is 5.32 Å². The van der Waals surface area contributed by atoms with Crippen LogP contribution in [0.3, 0.4) is 0 Å². The van der Waals surface area contributed by atoms with Crippen LogP contribution in [0.25, 0.3) is 0 Å². The normalized spacial score (nSPS) is 17.1. The lowest BCUT2D eigenvalue weighted by Crippen LogP contribution is -2.34. The number of amides is 1. The molecule has 0 radical (unpaired) electrons. The fourth-order valence-corrected chi connectivity index (χ4v) is 3.35. The van der Waals surface area contributed by atoms with Gasteiger partial charge in [0, 0.05) is 26.1 Å². The largest absolute Gasteiger partial charge is 0.355 e. The van der Waals surface area contributed by atoms with Gasteiger partial charge in [0.2, 0.25) is 15.9 Å². The van der Waals surface area contributed by atoms with E-state index in [1.54, 1.807) is 6.07 Å². The van der Waals surface area contributed by atoms with Crippen molar-refractivity contribution < 1.29 is 17.6 Å². The Morgan fingerprint density at radius 1 is 1.35 bits per heavy atom. The van der Waals surface area contributed by atoms with Crippen molar-refractivity contribution in [1.82, 2.24) is 9.62 Å². The third-order valence-corrected chi connectivity index (χ3v) is 4.86. The van der Waals surface area contributed by atoms with Crippen LogP contribution < -0.4 is 5.32 Å². The van der Waals surface area contributed by atoms with Crippen LogP contribution in [0.2, 0.25) is 0 Å². The predicted octanol–water partition coefficient (Wildman–Crippen LogP) is 0.208. The van der Waals surface area contributed by atoms with Crippen molar-refractivity contribution in [3.05, 3.63) is 29.6 Å². The van der Waals surface area contributed by atoms with E-state index in [4.69, 9.17) is 5.26 Å². The first-order chi connectivity index (χ1) is 9.45. The lowest BCUT2D eigenvalue weighted by molar-refractivity contribution is -0.120. The molecule has 0 aliphatic carbocycles. The highest BCUT2D eigenvalue weighted by Gasteiger charge is 2.27. The summed E-state index contributed by atoms with van der Waals surface area (Å²) >= 11 is 0. The molecule has 0 aromatic heterocycles. The molecule has 0 saturated carbocycles. The van der Waals surface area contributed by atoms with Gasteiger partial charge in [0.15, 0.2) is 0 Å². The average molecular weight is 297 g/mol. The van der Waals surface area contributed by atoms with Gasteiger partial charge in [-0.15, -0.1) is 0 Å². The first-order valence-electron chi connectivity index (χ1n) is 5.91. The average Bonchev–Trinajstić information content (AvgIpc) is 2.64. The number of benzene rings is 1. The van der Waals surface area contributed by atoms with Gasteiger partial charge in [0.25, 0.3) is 0 Å². The number of carbonyl (C=O) groups excluding carboxylic acids is 1. The van der Waals surface area contributed by atoms with Gasteiger partial charge >= 0.3 is 0 Å². The van der Waals surface area contributed by atoms with E-state index in [9.17, 15) is 17.6 Å². The molecule has 2 rings (SSSR count). The quantitative estimate of drug-likeness (QED) is 0.844. The lowest BCUT2D eigenvalue weighted by atomic mass is 10.2. The summed E-state index contributed by atoms with van der Waals surface area (Å²) in [7, 11) is -3.83. The maximum absolute atomic E-state index is 13.2. The first kappa shape index (κ1) is 14.4. The summed E-state index contributed by atoms with van der Waals surface area (Å²) in [4.78, 5) is 11.1. The third kappa shape index (κ3) is 2.79. The van der Waals surface area contributed by atoms with Gasteiger partial charge in [-0.3, -0.25) is 4.79 Å². The Morgan fingerprint density at radius 2 is 2.10 bits per heavy atom. The molecule has 1 amide bonds. The molecular formula is C12H12FN3O3S. The zero-order chi connectivity index (χ0) is 14.8. The standard InChI is InChI=1S/C12H12FN3O3S/c13-11-2-1-10(7-9(11)8-14)20(18,19)16-5-3-12(17)15-4-6-16/h1-2,7H,3-6H2,(H,15,17). The van der Waals surface area contributed by atoms with E-state index in [2.05, 4.69) is 5.32 Å². The number of rotatable bonds is 2. The van der Waals surface area contributed by atoms with E-state index in [0.717, 1.165) is 22.5 Å². The highest BCUT2D eigenvalue weighted by Crippen LogP contribution is 2.19. The molecule has 1 heterocycles. The molecule has 20 heavy (non-hydrogen) atoms. The number of hydrogen-bond acceptors (Lipinski definition) is 4. The Balaban J connectivity index is 2.35. The molecule has 0 spiro atoms. The van der Waals surface area contributed by atoms with Crippen LogP contribution in [0, 0.1) is 17.1 Å². The number of hydrogen-bond donors (Lipinski definition) is 1. The number of carbonyl (C=O) groups is 1. The number of nitriles is 1. The van der Waals surface area contributed by atoms with Gasteiger partial charge in [-0.25, -0.2) is 12.8 Å². The van der Waals surface area contributed by atoms with Gasteiger partial charge in [-0.1, -0.05) is 0 Å². The summed E-state index contributed by atoms with van der Waals surface area (Å²) in [6, 6.07) is 4.68. The van der Waals surface area contributed by atoms with Crippen LogP contribution in [-0.2, 0) is 14.8 Å². The summed E-state index contributed by atoms with van der Waals surface area (Å²) in [5, 5.41) is 11.3. The van der Waals surface area contributed by atoms with E-state index in [1.165, 1.54) is 0 Å². The summed E-state index contributed by atoms with van der Waals surface area (Å²) < 4.78 is 39.1. The van der Waals surface area contributed by atoms with Crippen molar-refractivity contribution in [2.45, 2.75) is 11.3 Å². The second-order valence-electron chi connectivity index (χ2n) is 4.26. The van der Waals surface area contributed by atoms with E-state index < -0.39 is 15.8 Å². The Bertz CT molecular complexity index is 682. The van der Waals surface area contributed by atoms with Crippen molar-refractivity contribution in [1.29, 1.82) is 5.26 Å². The molecule has 1 N–H and O–H groups in total. The van der Waals surface area contributed by atoms with Crippen LogP contribution >= 0.6 is 0 Å². The van der Waals surface area contributed by atoms with Crippen molar-refractivity contribution in [2.24, 2.45) is 0 Å². The van der Waals surface area contributed by atoms with Gasteiger partial charge in [-0.2, -0.15) is 9.57 Å². The van der Waals surface area contributed by atoms with Crippen LogP contribution in [0.5, 0.6) is 0 Å². The maximum Gasteiger partial charge on any atom is 0.243 e. The SMILES string of the molecule is N#Cc1cc(S(=O)(=O)N2CCNC(=O)CC2)ccc1F. The van der Waals surface area contributed by atoms with Gasteiger partial charge in [0.05, 0.1) is 10.5 Å². The Kier molecular flexibility index (Phi) is 4.01. The molecule has 1 aliphatic heterocycles. The van der Waals surface area contributed by atoms with Crippen LogP contribution in [0.1, 0.15) is 12.0 Å².